The molecule has 0 aromatic carbocycles. The van der Waals surface area contributed by atoms with Crippen LogP contribution < -0.4 is 5.32 Å². The summed E-state index contributed by atoms with van der Waals surface area (Å²) >= 11 is 0. The van der Waals surface area contributed by atoms with Crippen LogP contribution in [0.3, 0.4) is 0 Å². The molecule has 0 unspecified atom stereocenters. The molecule has 0 aliphatic rings. The zero-order valence-electron chi connectivity index (χ0n) is 13.7. The molecule has 3 heterocycles. The Kier molecular flexibility index (Phi) is 5.11. The molecule has 3 aromatic heterocycles. The van der Waals surface area contributed by atoms with E-state index in [1.165, 1.54) is 24.7 Å². The Morgan fingerprint density at radius 3 is 2.56 bits per heavy atom. The summed E-state index contributed by atoms with van der Waals surface area (Å²) < 4.78 is 52.6. The summed E-state index contributed by atoms with van der Waals surface area (Å²) in [4.78, 5) is 22.9. The van der Waals surface area contributed by atoms with Crippen LogP contribution in [-0.4, -0.2) is 20.9 Å². The number of nitrogens with zero attached hydrogens (tertiary/aromatic N) is 3. The first-order valence-corrected chi connectivity index (χ1v) is 7.71. The van der Waals surface area contributed by atoms with E-state index in [4.69, 9.17) is 0 Å². The van der Waals surface area contributed by atoms with Crippen LogP contribution in [0.5, 0.6) is 0 Å². The number of nitrogens with one attached hydrogen (secondary N) is 1. The molecule has 0 aliphatic heterocycles. The molecule has 138 valence electrons. The number of amides is 1. The molecule has 0 saturated carbocycles. The highest BCUT2D eigenvalue weighted by molar-refractivity contribution is 5.93. The molecule has 0 spiro atoms. The maximum absolute atomic E-state index is 14.3. The molecule has 0 fully saturated rings. The summed E-state index contributed by atoms with van der Waals surface area (Å²) in [5.74, 6) is -1.20. The Labute approximate surface area is 151 Å². The number of hydrogen-bond donors (Lipinski definition) is 1. The molecular weight excluding hydrogens is 364 g/mol. The van der Waals surface area contributed by atoms with Gasteiger partial charge in [-0.05, 0) is 35.9 Å². The van der Waals surface area contributed by atoms with Gasteiger partial charge in [0.05, 0.1) is 5.56 Å². The summed E-state index contributed by atoms with van der Waals surface area (Å²) in [6, 6.07) is 6.26. The first-order chi connectivity index (χ1) is 12.8. The van der Waals surface area contributed by atoms with Gasteiger partial charge >= 0.3 is 6.18 Å². The van der Waals surface area contributed by atoms with Crippen molar-refractivity contribution >= 4 is 5.91 Å². The summed E-state index contributed by atoms with van der Waals surface area (Å²) in [5, 5.41) is 2.59. The van der Waals surface area contributed by atoms with Crippen molar-refractivity contribution in [2.24, 2.45) is 0 Å². The lowest BCUT2D eigenvalue weighted by molar-refractivity contribution is -0.141. The summed E-state index contributed by atoms with van der Waals surface area (Å²) in [5.41, 5.74) is -0.697. The number of pyridine rings is 3. The molecule has 5 nitrogen and oxygen atoms in total. The van der Waals surface area contributed by atoms with Crippen LogP contribution in [0.2, 0.25) is 0 Å². The lowest BCUT2D eigenvalue weighted by Crippen LogP contribution is -2.23. The Morgan fingerprint density at radius 1 is 1.07 bits per heavy atom. The average molecular weight is 376 g/mol. The predicted molar refractivity (Wildman–Crippen MR) is 87.8 cm³/mol. The van der Waals surface area contributed by atoms with Crippen molar-refractivity contribution in [2.75, 3.05) is 0 Å². The topological polar surface area (TPSA) is 67.8 Å². The van der Waals surface area contributed by atoms with Gasteiger partial charge < -0.3 is 5.32 Å². The lowest BCUT2D eigenvalue weighted by Gasteiger charge is -2.09. The Hall–Kier alpha value is -3.36. The van der Waals surface area contributed by atoms with Gasteiger partial charge in [0.15, 0.2) is 0 Å². The maximum Gasteiger partial charge on any atom is 0.433 e. The number of rotatable bonds is 4. The predicted octanol–water partition coefficient (Wildman–Crippen LogP) is 3.63. The monoisotopic (exact) mass is 376 g/mol. The van der Waals surface area contributed by atoms with E-state index in [0.717, 1.165) is 18.3 Å². The molecule has 0 atom stereocenters. The van der Waals surface area contributed by atoms with Gasteiger partial charge in [0.25, 0.3) is 5.91 Å². The third-order valence-corrected chi connectivity index (χ3v) is 3.60. The van der Waals surface area contributed by atoms with Gasteiger partial charge in [0.2, 0.25) is 0 Å². The highest BCUT2D eigenvalue weighted by atomic mass is 19.4. The maximum atomic E-state index is 14.3. The van der Waals surface area contributed by atoms with E-state index in [1.807, 2.05) is 0 Å². The Morgan fingerprint density at radius 2 is 1.89 bits per heavy atom. The lowest BCUT2D eigenvalue weighted by atomic mass is 10.1. The van der Waals surface area contributed by atoms with Crippen LogP contribution >= 0.6 is 0 Å². The average Bonchev–Trinajstić information content (AvgIpc) is 2.66. The van der Waals surface area contributed by atoms with Gasteiger partial charge in [-0.15, -0.1) is 0 Å². The third-order valence-electron chi connectivity index (χ3n) is 3.60. The van der Waals surface area contributed by atoms with Crippen LogP contribution in [-0.2, 0) is 12.7 Å². The molecule has 0 saturated heterocycles. The fourth-order valence-corrected chi connectivity index (χ4v) is 2.30. The van der Waals surface area contributed by atoms with Gasteiger partial charge in [-0.1, -0.05) is 0 Å². The van der Waals surface area contributed by atoms with Crippen molar-refractivity contribution in [3.63, 3.8) is 0 Å². The fraction of sp³-hybridized carbons (Fsp3) is 0.111. The number of carbonyl (C=O) groups excluding carboxylic acids is 1. The molecule has 9 heteroatoms. The van der Waals surface area contributed by atoms with E-state index in [-0.39, 0.29) is 17.8 Å². The zero-order valence-corrected chi connectivity index (χ0v) is 13.7. The smallest absolute Gasteiger partial charge is 0.348 e. The minimum Gasteiger partial charge on any atom is -0.348 e. The Balaban J connectivity index is 1.75. The van der Waals surface area contributed by atoms with Gasteiger partial charge in [-0.25, -0.2) is 4.39 Å². The molecule has 3 aromatic rings. The second kappa shape index (κ2) is 7.48. The molecular formula is C18H12F4N4O. The molecule has 3 rings (SSSR count). The highest BCUT2D eigenvalue weighted by Crippen LogP contribution is 2.30. The van der Waals surface area contributed by atoms with Crippen molar-refractivity contribution in [1.82, 2.24) is 20.3 Å². The van der Waals surface area contributed by atoms with Gasteiger partial charge in [-0.2, -0.15) is 13.2 Å². The molecule has 27 heavy (non-hydrogen) atoms. The summed E-state index contributed by atoms with van der Waals surface area (Å²) in [6.45, 7) is 0.00206. The van der Waals surface area contributed by atoms with Crippen molar-refractivity contribution < 1.29 is 22.4 Å². The third kappa shape index (κ3) is 4.43. The Bertz CT molecular complexity index is 961. The van der Waals surface area contributed by atoms with Gasteiger partial charge in [-0.3, -0.25) is 19.7 Å². The van der Waals surface area contributed by atoms with E-state index in [0.29, 0.717) is 11.1 Å². The minimum absolute atomic E-state index is 0.00206. The van der Waals surface area contributed by atoms with E-state index < -0.39 is 23.6 Å². The zero-order chi connectivity index (χ0) is 19.4. The second-order valence-electron chi connectivity index (χ2n) is 5.53. The van der Waals surface area contributed by atoms with Crippen LogP contribution in [0.25, 0.3) is 11.3 Å². The summed E-state index contributed by atoms with van der Waals surface area (Å²) in [7, 11) is 0. The number of carbonyl (C=O) groups is 1. The highest BCUT2D eigenvalue weighted by Gasteiger charge is 2.32. The van der Waals surface area contributed by atoms with Crippen LogP contribution in [0, 0.1) is 5.82 Å². The first kappa shape index (κ1) is 18.4. The second-order valence-corrected chi connectivity index (χ2v) is 5.53. The number of alkyl halides is 3. The van der Waals surface area contributed by atoms with Crippen LogP contribution in [0.15, 0.2) is 55.1 Å². The quantitative estimate of drug-likeness (QED) is 0.706. The van der Waals surface area contributed by atoms with E-state index >= 15 is 0 Å². The van der Waals surface area contributed by atoms with Crippen LogP contribution in [0.1, 0.15) is 21.6 Å². The molecule has 1 N–H and O–H groups in total. The number of aromatic nitrogens is 3. The normalized spacial score (nSPS) is 11.3. The SMILES string of the molecule is O=C(NCc1cnc(-c2ccnc(C(F)(F)F)c2)c(F)c1)c1cccnc1. The van der Waals surface area contributed by atoms with Crippen molar-refractivity contribution in [1.29, 1.82) is 0 Å². The minimum atomic E-state index is -4.64. The van der Waals surface area contributed by atoms with Gasteiger partial charge in [0.1, 0.15) is 17.2 Å². The van der Waals surface area contributed by atoms with Crippen molar-refractivity contribution in [3.05, 3.63) is 77.8 Å². The van der Waals surface area contributed by atoms with E-state index in [2.05, 4.69) is 20.3 Å². The number of halogens is 4. The fourth-order valence-electron chi connectivity index (χ4n) is 2.30. The molecule has 1 amide bonds. The van der Waals surface area contributed by atoms with Crippen molar-refractivity contribution in [2.45, 2.75) is 12.7 Å². The molecule has 0 radical (unpaired) electrons. The van der Waals surface area contributed by atoms with E-state index in [9.17, 15) is 22.4 Å². The summed E-state index contributed by atoms with van der Waals surface area (Å²) in [6.07, 6.45) is 0.511. The largest absolute Gasteiger partial charge is 0.433 e. The van der Waals surface area contributed by atoms with Gasteiger partial charge in [0, 0.05) is 36.9 Å². The number of hydrogen-bond acceptors (Lipinski definition) is 4. The van der Waals surface area contributed by atoms with Crippen molar-refractivity contribution in [3.8, 4) is 11.3 Å². The van der Waals surface area contributed by atoms with E-state index in [1.54, 1.807) is 12.1 Å². The first-order valence-electron chi connectivity index (χ1n) is 7.71. The standard InChI is InChI=1S/C18H12F4N4O/c19-14-6-11(9-26-17(27)13-2-1-4-23-10-13)8-25-16(14)12-3-5-24-15(7-12)18(20,21)22/h1-8,10H,9H2,(H,26,27). The molecule has 0 aliphatic carbocycles. The van der Waals surface area contributed by atoms with Crippen LogP contribution in [0.4, 0.5) is 17.6 Å². The molecule has 0 bridgehead atoms.